The number of aryl methyl sites for hydroxylation is 1. The van der Waals surface area contributed by atoms with Gasteiger partial charge in [-0.25, -0.2) is 0 Å². The van der Waals surface area contributed by atoms with Crippen molar-refractivity contribution in [2.45, 2.75) is 11.8 Å². The number of anilines is 1. The average Bonchev–Trinajstić information content (AvgIpc) is 2.75. The topological polar surface area (TPSA) is 64.7 Å². The Morgan fingerprint density at radius 1 is 1.00 bits per heavy atom. The average molecular weight is 427 g/mol. The van der Waals surface area contributed by atoms with Gasteiger partial charge in [0, 0.05) is 49.9 Å². The van der Waals surface area contributed by atoms with Crippen molar-refractivity contribution in [1.29, 1.82) is 0 Å². The van der Waals surface area contributed by atoms with Crippen LogP contribution in [-0.2, 0) is 4.79 Å². The Morgan fingerprint density at radius 2 is 1.70 bits per heavy atom. The first-order valence-corrected chi connectivity index (χ1v) is 11.3. The highest BCUT2D eigenvalue weighted by molar-refractivity contribution is 8.00. The predicted molar refractivity (Wildman–Crippen MR) is 123 cm³/mol. The third kappa shape index (κ3) is 6.86. The summed E-state index contributed by atoms with van der Waals surface area (Å²) in [5.41, 5.74) is 2.54. The van der Waals surface area contributed by atoms with Gasteiger partial charge in [0.1, 0.15) is 0 Å². The number of piperazine rings is 1. The Kier molecular flexibility index (Phi) is 8.30. The maximum absolute atomic E-state index is 12.7. The molecular formula is C23H30N4O2S. The quantitative estimate of drug-likeness (QED) is 0.636. The van der Waals surface area contributed by atoms with Crippen molar-refractivity contribution in [2.24, 2.45) is 0 Å². The third-order valence-corrected chi connectivity index (χ3v) is 6.21. The van der Waals surface area contributed by atoms with E-state index in [1.165, 1.54) is 11.8 Å². The molecule has 2 aromatic carbocycles. The molecule has 1 saturated heterocycles. The van der Waals surface area contributed by atoms with Gasteiger partial charge in [-0.15, -0.1) is 11.8 Å². The molecule has 0 atom stereocenters. The van der Waals surface area contributed by atoms with Crippen molar-refractivity contribution in [3.05, 3.63) is 59.7 Å². The molecule has 30 heavy (non-hydrogen) atoms. The zero-order valence-corrected chi connectivity index (χ0v) is 18.5. The maximum Gasteiger partial charge on any atom is 0.252 e. The molecule has 2 aromatic rings. The largest absolute Gasteiger partial charge is 0.351 e. The minimum Gasteiger partial charge on any atom is -0.351 e. The summed E-state index contributed by atoms with van der Waals surface area (Å²) in [6, 6.07) is 15.1. The monoisotopic (exact) mass is 426 g/mol. The molecule has 2 N–H and O–H groups in total. The number of likely N-dealkylation sites (N-methyl/N-ethyl adjacent to an activating group) is 1. The highest BCUT2D eigenvalue weighted by Crippen LogP contribution is 2.23. The van der Waals surface area contributed by atoms with Gasteiger partial charge in [-0.3, -0.25) is 14.5 Å². The molecule has 0 saturated carbocycles. The highest BCUT2D eigenvalue weighted by Gasteiger charge is 2.15. The summed E-state index contributed by atoms with van der Waals surface area (Å²) in [7, 11) is 2.13. The molecular weight excluding hydrogens is 396 g/mol. The van der Waals surface area contributed by atoms with Gasteiger partial charge in [-0.2, -0.15) is 0 Å². The lowest BCUT2D eigenvalue weighted by molar-refractivity contribution is -0.113. The molecule has 3 rings (SSSR count). The van der Waals surface area contributed by atoms with E-state index in [0.29, 0.717) is 12.1 Å². The van der Waals surface area contributed by atoms with E-state index in [-0.39, 0.29) is 17.6 Å². The summed E-state index contributed by atoms with van der Waals surface area (Å²) in [6.45, 7) is 7.69. The molecule has 2 amide bonds. The Morgan fingerprint density at radius 3 is 2.43 bits per heavy atom. The number of carbonyl (C=O) groups is 2. The second-order valence-corrected chi connectivity index (χ2v) is 8.62. The van der Waals surface area contributed by atoms with E-state index in [2.05, 4.69) is 27.5 Å². The molecule has 0 aliphatic carbocycles. The van der Waals surface area contributed by atoms with Crippen molar-refractivity contribution in [3.8, 4) is 0 Å². The molecule has 6 nitrogen and oxygen atoms in total. The number of rotatable bonds is 8. The van der Waals surface area contributed by atoms with Gasteiger partial charge < -0.3 is 15.5 Å². The van der Waals surface area contributed by atoms with Crippen molar-refractivity contribution in [3.63, 3.8) is 0 Å². The van der Waals surface area contributed by atoms with E-state index < -0.39 is 0 Å². The van der Waals surface area contributed by atoms with Gasteiger partial charge in [0.25, 0.3) is 5.91 Å². The second-order valence-electron chi connectivity index (χ2n) is 7.60. The first kappa shape index (κ1) is 22.3. The molecule has 1 fully saturated rings. The van der Waals surface area contributed by atoms with Crippen LogP contribution in [-0.4, -0.2) is 73.7 Å². The number of hydrogen-bond acceptors (Lipinski definition) is 5. The summed E-state index contributed by atoms with van der Waals surface area (Å²) in [4.78, 5) is 30.5. The molecule has 0 bridgehead atoms. The Bertz CT molecular complexity index is 849. The summed E-state index contributed by atoms with van der Waals surface area (Å²) >= 11 is 1.38. The molecule has 0 radical (unpaired) electrons. The fourth-order valence-corrected chi connectivity index (χ4v) is 4.10. The van der Waals surface area contributed by atoms with Crippen molar-refractivity contribution in [1.82, 2.24) is 15.1 Å². The van der Waals surface area contributed by atoms with Crippen molar-refractivity contribution in [2.75, 3.05) is 57.4 Å². The second kappa shape index (κ2) is 11.2. The Balaban J connectivity index is 1.47. The van der Waals surface area contributed by atoms with E-state index in [1.807, 2.05) is 55.5 Å². The van der Waals surface area contributed by atoms with Crippen LogP contribution in [0.5, 0.6) is 0 Å². The fraction of sp³-hybridized carbons (Fsp3) is 0.391. The number of benzene rings is 2. The molecule has 0 spiro atoms. The van der Waals surface area contributed by atoms with Crippen LogP contribution in [0.15, 0.2) is 53.4 Å². The van der Waals surface area contributed by atoms with Gasteiger partial charge in [0.05, 0.1) is 11.3 Å². The first-order valence-electron chi connectivity index (χ1n) is 10.3. The Hall–Kier alpha value is -2.35. The fourth-order valence-electron chi connectivity index (χ4n) is 3.25. The van der Waals surface area contributed by atoms with E-state index in [9.17, 15) is 9.59 Å². The van der Waals surface area contributed by atoms with Crippen LogP contribution in [0.25, 0.3) is 0 Å². The van der Waals surface area contributed by atoms with E-state index >= 15 is 0 Å². The van der Waals surface area contributed by atoms with Crippen LogP contribution < -0.4 is 10.6 Å². The SMILES string of the molecule is Cc1ccc(NC(=O)CSc2ccccc2C(=O)NCCN2CCN(C)CC2)cc1. The van der Waals surface area contributed by atoms with Crippen molar-refractivity contribution < 1.29 is 9.59 Å². The Labute approximate surface area is 183 Å². The predicted octanol–water partition coefficient (Wildman–Crippen LogP) is 2.70. The minimum absolute atomic E-state index is 0.0888. The third-order valence-electron chi connectivity index (χ3n) is 5.14. The molecule has 0 aromatic heterocycles. The van der Waals surface area contributed by atoms with Crippen LogP contribution in [0, 0.1) is 6.92 Å². The van der Waals surface area contributed by atoms with E-state index in [1.54, 1.807) is 0 Å². The summed E-state index contributed by atoms with van der Waals surface area (Å²) in [6.07, 6.45) is 0. The van der Waals surface area contributed by atoms with Crippen molar-refractivity contribution >= 4 is 29.3 Å². The molecule has 1 aliphatic heterocycles. The number of nitrogens with zero attached hydrogens (tertiary/aromatic N) is 2. The summed E-state index contributed by atoms with van der Waals surface area (Å²) in [5.74, 6) is 0.0692. The molecule has 0 unspecified atom stereocenters. The van der Waals surface area contributed by atoms with Crippen LogP contribution >= 0.6 is 11.8 Å². The van der Waals surface area contributed by atoms with E-state index in [0.717, 1.165) is 48.9 Å². The number of nitrogens with one attached hydrogen (secondary N) is 2. The molecule has 1 aliphatic rings. The van der Waals surface area contributed by atoms with Gasteiger partial charge in [-0.05, 0) is 38.2 Å². The van der Waals surface area contributed by atoms with Gasteiger partial charge in [0.2, 0.25) is 5.91 Å². The molecule has 7 heteroatoms. The maximum atomic E-state index is 12.7. The summed E-state index contributed by atoms with van der Waals surface area (Å²) < 4.78 is 0. The number of amides is 2. The van der Waals surface area contributed by atoms with Gasteiger partial charge >= 0.3 is 0 Å². The lowest BCUT2D eigenvalue weighted by atomic mass is 10.2. The van der Waals surface area contributed by atoms with Crippen LogP contribution in [0.3, 0.4) is 0 Å². The normalized spacial score (nSPS) is 15.0. The molecule has 160 valence electrons. The van der Waals surface area contributed by atoms with Crippen LogP contribution in [0.2, 0.25) is 0 Å². The number of hydrogen-bond donors (Lipinski definition) is 2. The van der Waals surface area contributed by atoms with E-state index in [4.69, 9.17) is 0 Å². The lowest BCUT2D eigenvalue weighted by Gasteiger charge is -2.32. The molecule has 1 heterocycles. The zero-order chi connectivity index (χ0) is 21.3. The minimum atomic E-state index is -0.0915. The number of thioether (sulfide) groups is 1. The van der Waals surface area contributed by atoms with Crippen LogP contribution in [0.4, 0.5) is 5.69 Å². The zero-order valence-electron chi connectivity index (χ0n) is 17.7. The van der Waals surface area contributed by atoms with Crippen LogP contribution in [0.1, 0.15) is 15.9 Å². The smallest absolute Gasteiger partial charge is 0.252 e. The van der Waals surface area contributed by atoms with Gasteiger partial charge in [0.15, 0.2) is 0 Å². The highest BCUT2D eigenvalue weighted by atomic mass is 32.2. The summed E-state index contributed by atoms with van der Waals surface area (Å²) in [5, 5.41) is 5.92. The lowest BCUT2D eigenvalue weighted by Crippen LogP contribution is -2.46. The first-order chi connectivity index (χ1) is 14.5. The standard InChI is InChI=1S/C23H30N4O2S/c1-18-7-9-19(10-8-18)25-22(28)17-30-21-6-4-3-5-20(21)23(29)24-11-12-27-15-13-26(2)14-16-27/h3-10H,11-17H2,1-2H3,(H,24,29)(H,25,28). The van der Waals surface area contributed by atoms with Gasteiger partial charge in [-0.1, -0.05) is 29.8 Å². The number of carbonyl (C=O) groups excluding carboxylic acids is 2.